The van der Waals surface area contributed by atoms with Crippen LogP contribution in [0, 0.1) is 11.3 Å². The normalized spacial score (nSPS) is 11.6. The van der Waals surface area contributed by atoms with E-state index in [0.29, 0.717) is 13.0 Å². The second kappa shape index (κ2) is 7.32. The molecule has 2 aromatic rings. The van der Waals surface area contributed by atoms with Crippen molar-refractivity contribution in [1.29, 1.82) is 5.26 Å². The fourth-order valence-corrected chi connectivity index (χ4v) is 2.15. The second-order valence-corrected chi connectivity index (χ2v) is 4.60. The predicted octanol–water partition coefficient (Wildman–Crippen LogP) is 3.90. The molecule has 102 valence electrons. The molecule has 0 aliphatic carbocycles. The molecule has 0 radical (unpaired) electrons. The molecule has 0 amide bonds. The summed E-state index contributed by atoms with van der Waals surface area (Å²) in [6, 6.07) is 20.3. The van der Waals surface area contributed by atoms with Gasteiger partial charge in [-0.2, -0.15) is 5.26 Å². The van der Waals surface area contributed by atoms with Crippen LogP contribution in [-0.2, 0) is 11.3 Å². The van der Waals surface area contributed by atoms with Crippen LogP contribution in [0.5, 0.6) is 0 Å². The first-order valence-corrected chi connectivity index (χ1v) is 6.60. The van der Waals surface area contributed by atoms with Gasteiger partial charge in [-0.25, -0.2) is 0 Å². The van der Waals surface area contributed by atoms with Gasteiger partial charge in [0.1, 0.15) is 0 Å². The van der Waals surface area contributed by atoms with E-state index >= 15 is 0 Å². The predicted molar refractivity (Wildman–Crippen MR) is 80.2 cm³/mol. The first-order valence-electron chi connectivity index (χ1n) is 6.60. The SMILES string of the molecule is COCc1cccc(NC(CC#N)c2ccccc2)c1. The Kier molecular flexibility index (Phi) is 5.16. The molecule has 0 bridgehead atoms. The van der Waals surface area contributed by atoms with E-state index in [4.69, 9.17) is 10.00 Å². The van der Waals surface area contributed by atoms with Gasteiger partial charge in [-0.05, 0) is 23.3 Å². The highest BCUT2D eigenvalue weighted by Gasteiger charge is 2.10. The maximum Gasteiger partial charge on any atom is 0.0713 e. The van der Waals surface area contributed by atoms with Crippen molar-refractivity contribution in [1.82, 2.24) is 0 Å². The van der Waals surface area contributed by atoms with Gasteiger partial charge in [0.15, 0.2) is 0 Å². The molecule has 0 aliphatic rings. The van der Waals surface area contributed by atoms with Crippen LogP contribution in [0.4, 0.5) is 5.69 Å². The van der Waals surface area contributed by atoms with Gasteiger partial charge in [0.2, 0.25) is 0 Å². The summed E-state index contributed by atoms with van der Waals surface area (Å²) in [6.07, 6.45) is 0.429. The molecule has 1 N–H and O–H groups in total. The first kappa shape index (κ1) is 14.1. The molecule has 1 atom stereocenters. The topological polar surface area (TPSA) is 45.0 Å². The molecule has 0 spiro atoms. The van der Waals surface area contributed by atoms with Crippen molar-refractivity contribution in [2.24, 2.45) is 0 Å². The van der Waals surface area contributed by atoms with Crippen LogP contribution in [0.15, 0.2) is 54.6 Å². The fraction of sp³-hybridized carbons (Fsp3) is 0.235. The van der Waals surface area contributed by atoms with E-state index in [0.717, 1.165) is 16.8 Å². The lowest BCUT2D eigenvalue weighted by Crippen LogP contribution is -2.10. The zero-order valence-corrected chi connectivity index (χ0v) is 11.5. The molecule has 2 aromatic carbocycles. The summed E-state index contributed by atoms with van der Waals surface area (Å²) in [5.74, 6) is 0. The monoisotopic (exact) mass is 266 g/mol. The Morgan fingerprint density at radius 3 is 2.65 bits per heavy atom. The summed E-state index contributed by atoms with van der Waals surface area (Å²) < 4.78 is 5.14. The molecule has 0 saturated heterocycles. The van der Waals surface area contributed by atoms with Gasteiger partial charge in [-0.1, -0.05) is 42.5 Å². The minimum Gasteiger partial charge on any atom is -0.380 e. The largest absolute Gasteiger partial charge is 0.380 e. The third-order valence-electron chi connectivity index (χ3n) is 3.08. The van der Waals surface area contributed by atoms with Crippen molar-refractivity contribution in [3.8, 4) is 6.07 Å². The van der Waals surface area contributed by atoms with Crippen LogP contribution in [0.3, 0.4) is 0 Å². The Balaban J connectivity index is 2.16. The van der Waals surface area contributed by atoms with Crippen molar-refractivity contribution in [3.63, 3.8) is 0 Å². The van der Waals surface area contributed by atoms with Crippen LogP contribution in [0.2, 0.25) is 0 Å². The number of hydrogen-bond acceptors (Lipinski definition) is 3. The lowest BCUT2D eigenvalue weighted by Gasteiger charge is -2.18. The molecule has 3 nitrogen and oxygen atoms in total. The molecular formula is C17H18N2O. The average molecular weight is 266 g/mol. The number of methoxy groups -OCH3 is 1. The smallest absolute Gasteiger partial charge is 0.0713 e. The van der Waals surface area contributed by atoms with E-state index in [-0.39, 0.29) is 6.04 Å². The van der Waals surface area contributed by atoms with Crippen LogP contribution >= 0.6 is 0 Å². The van der Waals surface area contributed by atoms with Gasteiger partial charge < -0.3 is 10.1 Å². The molecule has 1 unspecified atom stereocenters. The number of nitrogens with zero attached hydrogens (tertiary/aromatic N) is 1. The minimum absolute atomic E-state index is 0.000931. The summed E-state index contributed by atoms with van der Waals surface area (Å²) in [4.78, 5) is 0. The molecular weight excluding hydrogens is 248 g/mol. The molecule has 0 aliphatic heterocycles. The zero-order valence-electron chi connectivity index (χ0n) is 11.5. The third-order valence-corrected chi connectivity index (χ3v) is 3.08. The van der Waals surface area contributed by atoms with Gasteiger partial charge in [0.05, 0.1) is 25.1 Å². The number of rotatable bonds is 6. The highest BCUT2D eigenvalue weighted by molar-refractivity contribution is 5.48. The Hall–Kier alpha value is -2.31. The van der Waals surface area contributed by atoms with E-state index in [1.54, 1.807) is 7.11 Å². The van der Waals surface area contributed by atoms with Crippen molar-refractivity contribution in [3.05, 3.63) is 65.7 Å². The average Bonchev–Trinajstić information content (AvgIpc) is 2.48. The van der Waals surface area contributed by atoms with Gasteiger partial charge in [-0.3, -0.25) is 0 Å². The number of benzene rings is 2. The van der Waals surface area contributed by atoms with Crippen molar-refractivity contribution < 1.29 is 4.74 Å². The number of nitrogens with one attached hydrogen (secondary N) is 1. The second-order valence-electron chi connectivity index (χ2n) is 4.60. The Labute approximate surface area is 119 Å². The maximum absolute atomic E-state index is 9.00. The van der Waals surface area contributed by atoms with Crippen LogP contribution in [0.1, 0.15) is 23.6 Å². The van der Waals surface area contributed by atoms with E-state index < -0.39 is 0 Å². The van der Waals surface area contributed by atoms with Gasteiger partial charge in [0, 0.05) is 12.8 Å². The van der Waals surface area contributed by atoms with E-state index in [9.17, 15) is 0 Å². The first-order chi connectivity index (χ1) is 9.83. The van der Waals surface area contributed by atoms with Crippen LogP contribution in [-0.4, -0.2) is 7.11 Å². The Bertz CT molecular complexity index is 575. The fourth-order valence-electron chi connectivity index (χ4n) is 2.15. The molecule has 0 saturated carbocycles. The Morgan fingerprint density at radius 1 is 1.15 bits per heavy atom. The van der Waals surface area contributed by atoms with E-state index in [1.165, 1.54) is 0 Å². The minimum atomic E-state index is -0.000931. The standard InChI is InChI=1S/C17H18N2O/c1-20-13-14-6-5-9-16(12-14)19-17(10-11-18)15-7-3-2-4-8-15/h2-9,12,17,19H,10,13H2,1H3. The highest BCUT2D eigenvalue weighted by Crippen LogP contribution is 2.23. The van der Waals surface area contributed by atoms with Gasteiger partial charge in [-0.15, -0.1) is 0 Å². The van der Waals surface area contributed by atoms with E-state index in [2.05, 4.69) is 17.5 Å². The molecule has 0 fully saturated rings. The maximum atomic E-state index is 9.00. The van der Waals surface area contributed by atoms with E-state index in [1.807, 2.05) is 48.5 Å². The molecule has 0 aromatic heterocycles. The number of nitriles is 1. The summed E-state index contributed by atoms with van der Waals surface area (Å²) in [5, 5.41) is 12.4. The molecule has 3 heteroatoms. The quantitative estimate of drug-likeness (QED) is 0.862. The Morgan fingerprint density at radius 2 is 1.95 bits per heavy atom. The lowest BCUT2D eigenvalue weighted by atomic mass is 10.0. The molecule has 0 heterocycles. The highest BCUT2D eigenvalue weighted by atomic mass is 16.5. The van der Waals surface area contributed by atoms with Gasteiger partial charge >= 0.3 is 0 Å². The van der Waals surface area contributed by atoms with Crippen molar-refractivity contribution >= 4 is 5.69 Å². The summed E-state index contributed by atoms with van der Waals surface area (Å²) in [5.41, 5.74) is 3.23. The van der Waals surface area contributed by atoms with Crippen molar-refractivity contribution in [2.75, 3.05) is 12.4 Å². The zero-order chi connectivity index (χ0) is 14.2. The summed E-state index contributed by atoms with van der Waals surface area (Å²) in [7, 11) is 1.68. The van der Waals surface area contributed by atoms with Gasteiger partial charge in [0.25, 0.3) is 0 Å². The molecule has 2 rings (SSSR count). The number of ether oxygens (including phenoxy) is 1. The summed E-state index contributed by atoms with van der Waals surface area (Å²) in [6.45, 7) is 0.587. The van der Waals surface area contributed by atoms with Crippen LogP contribution < -0.4 is 5.32 Å². The van der Waals surface area contributed by atoms with Crippen molar-refractivity contribution in [2.45, 2.75) is 19.1 Å². The molecule has 20 heavy (non-hydrogen) atoms. The summed E-state index contributed by atoms with van der Waals surface area (Å²) >= 11 is 0. The third kappa shape index (κ3) is 3.84. The number of hydrogen-bond donors (Lipinski definition) is 1. The number of anilines is 1. The lowest BCUT2D eigenvalue weighted by molar-refractivity contribution is 0.185. The van der Waals surface area contributed by atoms with Crippen LogP contribution in [0.25, 0.3) is 0 Å².